The first kappa shape index (κ1) is 12.3. The highest BCUT2D eigenvalue weighted by Gasteiger charge is 2.28. The standard InChI is InChI=1S/C8H7ClF4OSi/c1-15(2,9)14-8-6(12)4(10)3-5(11)7(8)13/h3H,1-2H3. The van der Waals surface area contributed by atoms with Crippen LogP contribution in [0.25, 0.3) is 0 Å². The first-order valence-electron chi connectivity index (χ1n) is 3.93. The van der Waals surface area contributed by atoms with Gasteiger partial charge in [0.1, 0.15) is 0 Å². The summed E-state index contributed by atoms with van der Waals surface area (Å²) < 4.78 is 56.2. The van der Waals surface area contributed by atoms with Gasteiger partial charge >= 0.3 is 7.63 Å². The van der Waals surface area contributed by atoms with Crippen LogP contribution in [0.4, 0.5) is 17.6 Å². The summed E-state index contributed by atoms with van der Waals surface area (Å²) in [5, 5.41) is 0. The number of hydrogen-bond acceptors (Lipinski definition) is 1. The van der Waals surface area contributed by atoms with Crippen molar-refractivity contribution in [1.82, 2.24) is 0 Å². The molecule has 0 saturated carbocycles. The van der Waals surface area contributed by atoms with E-state index in [0.717, 1.165) is 0 Å². The van der Waals surface area contributed by atoms with Crippen LogP contribution in [0.3, 0.4) is 0 Å². The summed E-state index contributed by atoms with van der Waals surface area (Å²) in [5.41, 5.74) is 0. The van der Waals surface area contributed by atoms with E-state index in [1.165, 1.54) is 13.1 Å². The lowest BCUT2D eigenvalue weighted by Gasteiger charge is -2.17. The molecule has 0 aliphatic carbocycles. The zero-order valence-electron chi connectivity index (χ0n) is 7.88. The molecule has 0 heterocycles. The number of halogens is 5. The predicted octanol–water partition coefficient (Wildman–Crippen LogP) is 3.56. The molecule has 0 aromatic heterocycles. The molecule has 0 radical (unpaired) electrons. The van der Waals surface area contributed by atoms with Crippen LogP contribution in [0.15, 0.2) is 6.07 Å². The van der Waals surface area contributed by atoms with Crippen LogP contribution in [-0.4, -0.2) is 7.63 Å². The SMILES string of the molecule is C[Si](C)(Cl)Oc1c(F)c(F)cc(F)c1F. The van der Waals surface area contributed by atoms with Crippen molar-refractivity contribution in [2.45, 2.75) is 13.1 Å². The molecule has 0 bridgehead atoms. The molecule has 1 aromatic rings. The molecule has 1 nitrogen and oxygen atoms in total. The Balaban J connectivity index is 3.27. The second-order valence-corrected chi connectivity index (χ2v) is 8.92. The lowest BCUT2D eigenvalue weighted by atomic mass is 10.3. The fourth-order valence-corrected chi connectivity index (χ4v) is 1.78. The largest absolute Gasteiger partial charge is 0.525 e. The summed E-state index contributed by atoms with van der Waals surface area (Å²) in [4.78, 5) is 0. The van der Waals surface area contributed by atoms with E-state index in [1.807, 2.05) is 0 Å². The molecule has 15 heavy (non-hydrogen) atoms. The van der Waals surface area contributed by atoms with Crippen molar-refractivity contribution in [2.75, 3.05) is 0 Å². The zero-order chi connectivity index (χ0) is 11.8. The molecule has 0 amide bonds. The third-order valence-corrected chi connectivity index (χ3v) is 2.34. The van der Waals surface area contributed by atoms with Gasteiger partial charge in [-0.25, -0.2) is 8.78 Å². The van der Waals surface area contributed by atoms with Gasteiger partial charge < -0.3 is 4.43 Å². The number of benzene rings is 1. The second kappa shape index (κ2) is 4.01. The Kier molecular flexibility index (Phi) is 3.30. The summed E-state index contributed by atoms with van der Waals surface area (Å²) >= 11 is 5.65. The maximum Gasteiger partial charge on any atom is 0.341 e. The van der Waals surface area contributed by atoms with Crippen molar-refractivity contribution in [2.24, 2.45) is 0 Å². The quantitative estimate of drug-likeness (QED) is 0.341. The summed E-state index contributed by atoms with van der Waals surface area (Å²) in [6.45, 7) is 2.83. The van der Waals surface area contributed by atoms with Gasteiger partial charge in [-0.3, -0.25) is 0 Å². The Bertz CT molecular complexity index is 365. The molecule has 0 unspecified atom stereocenters. The minimum atomic E-state index is -2.85. The van der Waals surface area contributed by atoms with Crippen molar-refractivity contribution >= 4 is 18.7 Å². The van der Waals surface area contributed by atoms with Crippen molar-refractivity contribution in [3.8, 4) is 5.75 Å². The molecule has 1 aromatic carbocycles. The first-order valence-corrected chi connectivity index (χ1v) is 7.85. The van der Waals surface area contributed by atoms with Crippen LogP contribution in [0.5, 0.6) is 5.75 Å². The Morgan fingerprint density at radius 3 is 1.80 bits per heavy atom. The van der Waals surface area contributed by atoms with Crippen molar-refractivity contribution in [3.05, 3.63) is 29.3 Å². The highest BCUT2D eigenvalue weighted by Crippen LogP contribution is 2.29. The maximum absolute atomic E-state index is 13.0. The second-order valence-electron chi connectivity index (χ2n) is 3.26. The molecule has 0 aliphatic heterocycles. The average Bonchev–Trinajstić information content (AvgIpc) is 2.08. The minimum Gasteiger partial charge on any atom is -0.525 e. The summed E-state index contributed by atoms with van der Waals surface area (Å²) in [5.74, 6) is -7.28. The summed E-state index contributed by atoms with van der Waals surface area (Å²) in [6.07, 6.45) is 0. The summed E-state index contributed by atoms with van der Waals surface area (Å²) in [6, 6.07) is 0.111. The third-order valence-electron chi connectivity index (χ3n) is 1.42. The van der Waals surface area contributed by atoms with Crippen LogP contribution in [0.1, 0.15) is 0 Å². The molecule has 0 saturated heterocycles. The minimum absolute atomic E-state index is 0.111. The van der Waals surface area contributed by atoms with Crippen LogP contribution in [0.2, 0.25) is 13.1 Å². The average molecular weight is 259 g/mol. The van der Waals surface area contributed by atoms with Crippen molar-refractivity contribution in [3.63, 3.8) is 0 Å². The van der Waals surface area contributed by atoms with Crippen molar-refractivity contribution < 1.29 is 22.0 Å². The Morgan fingerprint density at radius 2 is 1.47 bits per heavy atom. The molecule has 0 aliphatic rings. The van der Waals surface area contributed by atoms with E-state index < -0.39 is 36.6 Å². The molecule has 0 N–H and O–H groups in total. The lowest BCUT2D eigenvalue weighted by Crippen LogP contribution is -2.27. The van der Waals surface area contributed by atoms with Gasteiger partial charge in [-0.2, -0.15) is 8.78 Å². The Hall–Kier alpha value is -0.753. The van der Waals surface area contributed by atoms with E-state index in [-0.39, 0.29) is 6.07 Å². The highest BCUT2D eigenvalue weighted by molar-refractivity contribution is 7.15. The van der Waals surface area contributed by atoms with Gasteiger partial charge in [0.2, 0.25) is 11.6 Å². The van der Waals surface area contributed by atoms with E-state index in [4.69, 9.17) is 15.5 Å². The van der Waals surface area contributed by atoms with Crippen LogP contribution < -0.4 is 4.43 Å². The summed E-state index contributed by atoms with van der Waals surface area (Å²) in [7, 11) is -2.85. The Labute approximate surface area is 89.4 Å². The van der Waals surface area contributed by atoms with Crippen LogP contribution >= 0.6 is 11.1 Å². The van der Waals surface area contributed by atoms with Gasteiger partial charge in [0.05, 0.1) is 0 Å². The number of rotatable bonds is 2. The van der Waals surface area contributed by atoms with Gasteiger partial charge in [-0.05, 0) is 13.1 Å². The maximum atomic E-state index is 13.0. The monoisotopic (exact) mass is 258 g/mol. The van der Waals surface area contributed by atoms with Gasteiger partial charge in [-0.1, -0.05) is 0 Å². The third kappa shape index (κ3) is 2.85. The van der Waals surface area contributed by atoms with Crippen LogP contribution in [-0.2, 0) is 0 Å². The van der Waals surface area contributed by atoms with E-state index in [0.29, 0.717) is 0 Å². The smallest absolute Gasteiger partial charge is 0.341 e. The normalized spacial score (nSPS) is 11.7. The van der Waals surface area contributed by atoms with Gasteiger partial charge in [-0.15, -0.1) is 11.1 Å². The fourth-order valence-electron chi connectivity index (χ4n) is 0.884. The molecule has 84 valence electrons. The molecule has 0 spiro atoms. The van der Waals surface area contributed by atoms with Crippen molar-refractivity contribution in [1.29, 1.82) is 0 Å². The first-order chi connectivity index (χ1) is 6.72. The van der Waals surface area contributed by atoms with Gasteiger partial charge in [0.15, 0.2) is 17.4 Å². The fraction of sp³-hybridized carbons (Fsp3) is 0.250. The molecular formula is C8H7ClF4OSi. The van der Waals surface area contributed by atoms with E-state index >= 15 is 0 Å². The number of hydrogen-bond donors (Lipinski definition) is 0. The molecule has 1 rings (SSSR count). The van der Waals surface area contributed by atoms with Crippen LogP contribution in [0, 0.1) is 23.3 Å². The predicted molar refractivity (Wildman–Crippen MR) is 50.2 cm³/mol. The van der Waals surface area contributed by atoms with Gasteiger partial charge in [0.25, 0.3) is 0 Å². The van der Waals surface area contributed by atoms with E-state index in [1.54, 1.807) is 0 Å². The lowest BCUT2D eigenvalue weighted by molar-refractivity contribution is 0.395. The van der Waals surface area contributed by atoms with Gasteiger partial charge in [0, 0.05) is 6.07 Å². The molecular weight excluding hydrogens is 252 g/mol. The molecule has 7 heteroatoms. The van der Waals surface area contributed by atoms with E-state index in [9.17, 15) is 17.6 Å². The Morgan fingerprint density at radius 1 is 1.07 bits per heavy atom. The van der Waals surface area contributed by atoms with E-state index in [2.05, 4.69) is 0 Å². The molecule has 0 fully saturated rings. The highest BCUT2D eigenvalue weighted by atomic mass is 35.6. The zero-order valence-corrected chi connectivity index (χ0v) is 9.63. The molecule has 0 atom stereocenters. The topological polar surface area (TPSA) is 9.23 Å².